The van der Waals surface area contributed by atoms with Gasteiger partial charge in [-0.2, -0.15) is 4.73 Å². The number of nitrogens with zero attached hydrogens (tertiary/aromatic N) is 3. The highest BCUT2D eigenvalue weighted by Crippen LogP contribution is 2.22. The minimum absolute atomic E-state index is 0.0492. The molecule has 1 aliphatic heterocycles. The lowest BCUT2D eigenvalue weighted by molar-refractivity contribution is -0.179. The number of thiazole rings is 1. The summed E-state index contributed by atoms with van der Waals surface area (Å²) in [6.07, 6.45) is 0.637. The molecule has 4 aromatic rings. The van der Waals surface area contributed by atoms with E-state index < -0.39 is 69.9 Å². The number of hydrogen-bond donors (Lipinski definition) is 5. The maximum Gasteiger partial charge on any atom is 0.413 e. The highest BCUT2D eigenvalue weighted by Gasteiger charge is 2.42. The Morgan fingerprint density at radius 1 is 0.857 bits per heavy atom. The van der Waals surface area contributed by atoms with Gasteiger partial charge in [-0.25, -0.2) is 19.4 Å². The number of benzene rings is 2. The Labute approximate surface area is 367 Å². The van der Waals surface area contributed by atoms with Crippen LogP contribution in [0.3, 0.4) is 0 Å². The van der Waals surface area contributed by atoms with Crippen molar-refractivity contribution >= 4 is 52.1 Å². The van der Waals surface area contributed by atoms with Crippen LogP contribution in [0.5, 0.6) is 5.75 Å². The minimum Gasteiger partial charge on any atom is -0.483 e. The fourth-order valence-corrected chi connectivity index (χ4v) is 6.09. The quantitative estimate of drug-likeness (QED) is 0.0435. The number of nitrogens with one attached hydrogen (secondary N) is 5. The van der Waals surface area contributed by atoms with Crippen molar-refractivity contribution in [3.05, 3.63) is 111 Å². The number of pyridine rings is 1. The molecule has 3 heterocycles. The zero-order valence-electron chi connectivity index (χ0n) is 36.2. The van der Waals surface area contributed by atoms with Crippen LogP contribution >= 0.6 is 11.3 Å². The lowest BCUT2D eigenvalue weighted by Gasteiger charge is -2.37. The largest absolute Gasteiger partial charge is 0.483 e. The molecular weight excluding hydrogens is 837 g/mol. The van der Waals surface area contributed by atoms with Gasteiger partial charge < -0.3 is 45.2 Å². The van der Waals surface area contributed by atoms with E-state index in [1.54, 1.807) is 41.5 Å². The first-order valence-corrected chi connectivity index (χ1v) is 20.7. The van der Waals surface area contributed by atoms with Gasteiger partial charge in [-0.3, -0.25) is 19.7 Å². The molecule has 0 bridgehead atoms. The number of aromatic nitrogens is 2. The molecule has 2 aromatic heterocycles. The molecule has 63 heavy (non-hydrogen) atoms. The number of rotatable bonds is 17. The first kappa shape index (κ1) is 47.1. The second kappa shape index (κ2) is 20.3. The number of urea groups is 1. The van der Waals surface area contributed by atoms with E-state index in [4.69, 9.17) is 23.9 Å². The van der Waals surface area contributed by atoms with Crippen LogP contribution in [-0.2, 0) is 48.5 Å². The number of ether oxygens (including phenoxy) is 3. The van der Waals surface area contributed by atoms with E-state index in [1.165, 1.54) is 36.2 Å². The van der Waals surface area contributed by atoms with Crippen molar-refractivity contribution in [3.63, 3.8) is 0 Å². The van der Waals surface area contributed by atoms with E-state index in [0.29, 0.717) is 5.69 Å². The van der Waals surface area contributed by atoms with Gasteiger partial charge in [0.2, 0.25) is 16.9 Å². The van der Waals surface area contributed by atoms with Gasteiger partial charge in [0.1, 0.15) is 36.2 Å². The standard InChI is InChI=1S/C43H52N8O11S/c1-41(2,3)60-37(55)43(7,8)62-50-34(30-25-63-39(47-30)49-40(57)61-42(4,5)6)36(54)48-33-29(46-35(33)53)21-45-38(56)44-20-28-19-31(52)32(58-23-26-15-11-9-12-16-26)22-51(28)59-24-27-17-13-10-14-18-27/h9-19,22,25,29,33H,20-21,23-24H2,1-8H3,(H,46,53)(H,48,54)(H2,44,45,56)(H,47,49,57)/b50-34-/t29-,33+/m1/s1. The number of oxime groups is 1. The molecule has 1 aliphatic rings. The van der Waals surface area contributed by atoms with Crippen molar-refractivity contribution < 1.29 is 47.9 Å². The van der Waals surface area contributed by atoms with Gasteiger partial charge in [0.25, 0.3) is 5.91 Å². The van der Waals surface area contributed by atoms with Crippen LogP contribution < -0.4 is 41.6 Å². The van der Waals surface area contributed by atoms with Gasteiger partial charge in [-0.05, 0) is 66.5 Å². The first-order valence-electron chi connectivity index (χ1n) is 19.8. The van der Waals surface area contributed by atoms with Crippen molar-refractivity contribution in [1.29, 1.82) is 0 Å². The van der Waals surface area contributed by atoms with Crippen LogP contribution in [0.15, 0.2) is 88.3 Å². The van der Waals surface area contributed by atoms with E-state index in [-0.39, 0.29) is 42.9 Å². The zero-order valence-corrected chi connectivity index (χ0v) is 37.0. The van der Waals surface area contributed by atoms with Crippen molar-refractivity contribution in [2.75, 3.05) is 11.9 Å². The third-order valence-corrected chi connectivity index (χ3v) is 9.30. The van der Waals surface area contributed by atoms with E-state index in [9.17, 15) is 28.8 Å². The molecule has 0 saturated carbocycles. The molecule has 0 radical (unpaired) electrons. The SMILES string of the molecule is CC(C)(C)OC(=O)Nc1nc(/C(=N/OC(C)(C)C(=O)OC(C)(C)C)C(=O)N[C@@H]2C(=O)N[C@@H]2CNC(=O)NCc2cc(=O)c(OCc3ccccc3)cn2OCc2ccccc2)cs1. The predicted molar refractivity (Wildman–Crippen MR) is 232 cm³/mol. The summed E-state index contributed by atoms with van der Waals surface area (Å²) in [4.78, 5) is 93.8. The molecule has 2 atom stereocenters. The van der Waals surface area contributed by atoms with Crippen LogP contribution in [0.2, 0.25) is 0 Å². The predicted octanol–water partition coefficient (Wildman–Crippen LogP) is 4.18. The summed E-state index contributed by atoms with van der Waals surface area (Å²) in [5, 5.41) is 18.5. The van der Waals surface area contributed by atoms with E-state index in [0.717, 1.165) is 22.5 Å². The third kappa shape index (κ3) is 14.3. The van der Waals surface area contributed by atoms with Gasteiger partial charge in [0.15, 0.2) is 16.6 Å². The van der Waals surface area contributed by atoms with Crippen LogP contribution in [0, 0.1) is 0 Å². The van der Waals surface area contributed by atoms with Crippen LogP contribution in [0.4, 0.5) is 14.7 Å². The van der Waals surface area contributed by atoms with E-state index in [2.05, 4.69) is 36.7 Å². The summed E-state index contributed by atoms with van der Waals surface area (Å²) in [6.45, 7) is 13.0. The van der Waals surface area contributed by atoms with Gasteiger partial charge in [0.05, 0.1) is 24.5 Å². The molecule has 20 heteroatoms. The Hall–Kier alpha value is -6.96. The smallest absolute Gasteiger partial charge is 0.413 e. The molecule has 19 nitrogen and oxygen atoms in total. The topological polar surface area (TPSA) is 239 Å². The van der Waals surface area contributed by atoms with Crippen LogP contribution in [-0.4, -0.2) is 80.8 Å². The number of anilines is 1. The molecular formula is C43H52N8O11S. The maximum atomic E-state index is 13.8. The lowest BCUT2D eigenvalue weighted by Crippen LogP contribution is -2.72. The maximum absolute atomic E-state index is 13.8. The normalized spacial score (nSPS) is 15.2. The molecule has 5 N–H and O–H groups in total. The average Bonchev–Trinajstić information content (AvgIpc) is 3.66. The average molecular weight is 889 g/mol. The fraction of sp³-hybridized carbons (Fsp3) is 0.395. The van der Waals surface area contributed by atoms with Gasteiger partial charge >= 0.3 is 18.1 Å². The van der Waals surface area contributed by atoms with Gasteiger partial charge in [-0.1, -0.05) is 65.8 Å². The minimum atomic E-state index is -1.67. The Morgan fingerprint density at radius 2 is 1.49 bits per heavy atom. The second-order valence-electron chi connectivity index (χ2n) is 16.7. The molecule has 1 saturated heterocycles. The molecule has 1 fully saturated rings. The Kier molecular flexibility index (Phi) is 15.2. The summed E-state index contributed by atoms with van der Waals surface area (Å²) >= 11 is 0.958. The van der Waals surface area contributed by atoms with Crippen molar-refractivity contribution in [2.45, 2.75) is 104 Å². The van der Waals surface area contributed by atoms with Crippen LogP contribution in [0.1, 0.15) is 77.9 Å². The summed E-state index contributed by atoms with van der Waals surface area (Å²) in [5.41, 5.74) is -2.17. The monoisotopic (exact) mass is 888 g/mol. The summed E-state index contributed by atoms with van der Waals surface area (Å²) in [6, 6.07) is 17.5. The number of esters is 1. The van der Waals surface area contributed by atoms with Crippen LogP contribution in [0.25, 0.3) is 0 Å². The Balaban J connectivity index is 1.24. The second-order valence-corrected chi connectivity index (χ2v) is 17.5. The molecule has 2 aromatic carbocycles. The molecule has 336 valence electrons. The number of hydrogen-bond acceptors (Lipinski definition) is 14. The summed E-state index contributed by atoms with van der Waals surface area (Å²) in [5.74, 6) is -2.18. The highest BCUT2D eigenvalue weighted by atomic mass is 32.1. The number of amides is 5. The first-order chi connectivity index (χ1) is 29.7. The fourth-order valence-electron chi connectivity index (χ4n) is 5.41. The van der Waals surface area contributed by atoms with E-state index in [1.807, 2.05) is 60.7 Å². The third-order valence-electron chi connectivity index (χ3n) is 8.55. The Bertz CT molecular complexity index is 2350. The van der Waals surface area contributed by atoms with E-state index >= 15 is 0 Å². The number of carbonyl (C=O) groups is 5. The van der Waals surface area contributed by atoms with Crippen molar-refractivity contribution in [2.24, 2.45) is 5.16 Å². The van der Waals surface area contributed by atoms with Crippen molar-refractivity contribution in [1.82, 2.24) is 31.0 Å². The highest BCUT2D eigenvalue weighted by molar-refractivity contribution is 7.14. The lowest BCUT2D eigenvalue weighted by atomic mass is 9.98. The Morgan fingerprint density at radius 3 is 2.11 bits per heavy atom. The molecule has 5 rings (SSSR count). The molecule has 0 spiro atoms. The van der Waals surface area contributed by atoms with Gasteiger partial charge in [-0.15, -0.1) is 11.3 Å². The molecule has 5 amide bonds. The zero-order chi connectivity index (χ0) is 46.0. The number of carbonyl (C=O) groups excluding carboxylic acids is 5. The summed E-state index contributed by atoms with van der Waals surface area (Å²) in [7, 11) is 0. The summed E-state index contributed by atoms with van der Waals surface area (Å²) < 4.78 is 17.9. The van der Waals surface area contributed by atoms with Gasteiger partial charge in [0, 0.05) is 18.0 Å². The molecule has 0 aliphatic carbocycles. The van der Waals surface area contributed by atoms with Crippen molar-refractivity contribution in [3.8, 4) is 5.75 Å². The number of β-lactam (4-membered cyclic amide) rings is 1. The molecule has 0 unspecified atom stereocenters.